The van der Waals surface area contributed by atoms with Gasteiger partial charge in [0.25, 0.3) is 5.91 Å². The number of hydrogen-bond acceptors (Lipinski definition) is 6. The van der Waals surface area contributed by atoms with Crippen LogP contribution in [-0.2, 0) is 23.9 Å². The number of ether oxygens (including phenoxy) is 1. The van der Waals surface area contributed by atoms with Gasteiger partial charge in [0.2, 0.25) is 11.8 Å². The van der Waals surface area contributed by atoms with Crippen LogP contribution in [-0.4, -0.2) is 47.5 Å². The minimum atomic E-state index is -0.791. The van der Waals surface area contributed by atoms with E-state index in [-0.39, 0.29) is 41.3 Å². The molecule has 1 N–H and O–H groups in total. The highest BCUT2D eigenvalue weighted by atomic mass is 16.5. The zero-order chi connectivity index (χ0) is 20.7. The lowest BCUT2D eigenvalue weighted by atomic mass is 9.81. The van der Waals surface area contributed by atoms with Crippen LogP contribution in [0.5, 0.6) is 0 Å². The zero-order valence-electron chi connectivity index (χ0n) is 16.1. The maximum atomic E-state index is 12.6. The van der Waals surface area contributed by atoms with Crippen LogP contribution in [0, 0.1) is 23.7 Å². The van der Waals surface area contributed by atoms with Gasteiger partial charge < -0.3 is 10.1 Å². The largest absolute Gasteiger partial charge is 0.454 e. The number of carbonyl (C=O) groups excluding carboxylic acids is 5. The van der Waals surface area contributed by atoms with E-state index in [0.29, 0.717) is 11.3 Å². The predicted molar refractivity (Wildman–Crippen MR) is 101 cm³/mol. The highest BCUT2D eigenvalue weighted by Gasteiger charge is 2.61. The van der Waals surface area contributed by atoms with Gasteiger partial charge >= 0.3 is 5.97 Å². The maximum Gasteiger partial charge on any atom is 0.326 e. The lowest BCUT2D eigenvalue weighted by molar-refractivity contribution is -0.154. The van der Waals surface area contributed by atoms with Crippen molar-refractivity contribution in [3.05, 3.63) is 29.8 Å². The number of carbonyl (C=O) groups is 5. The number of nitrogens with one attached hydrogen (secondary N) is 1. The molecule has 0 spiro atoms. The molecule has 0 unspecified atom stereocenters. The van der Waals surface area contributed by atoms with E-state index in [9.17, 15) is 24.0 Å². The molecule has 0 radical (unpaired) electrons. The Labute approximate surface area is 167 Å². The molecule has 2 aliphatic carbocycles. The summed E-state index contributed by atoms with van der Waals surface area (Å²) in [7, 11) is 0. The Morgan fingerprint density at radius 2 is 1.62 bits per heavy atom. The summed E-state index contributed by atoms with van der Waals surface area (Å²) in [5, 5.41) is 2.55. The van der Waals surface area contributed by atoms with Crippen molar-refractivity contribution >= 4 is 35.2 Å². The van der Waals surface area contributed by atoms with E-state index >= 15 is 0 Å². The van der Waals surface area contributed by atoms with E-state index in [1.54, 1.807) is 24.3 Å². The molecular weight excluding hydrogens is 376 g/mol. The molecule has 152 valence electrons. The molecule has 8 nitrogen and oxygen atoms in total. The van der Waals surface area contributed by atoms with Gasteiger partial charge in [-0.25, -0.2) is 0 Å². The van der Waals surface area contributed by atoms with E-state index in [1.807, 2.05) is 0 Å². The van der Waals surface area contributed by atoms with Crippen molar-refractivity contribution in [2.45, 2.75) is 26.2 Å². The normalized spacial score (nSPS) is 27.1. The third-order valence-corrected chi connectivity index (χ3v) is 6.25. The molecular formula is C21H22N2O6. The molecule has 1 aromatic carbocycles. The molecule has 1 saturated heterocycles. The fourth-order valence-corrected chi connectivity index (χ4v) is 4.93. The SMILES string of the molecule is CC(=O)c1ccc(NC(=O)COC(=O)CN2C(=O)[C@@H]3[C@@H]4CC[C@@H](C4)[C@@H]3C2=O)cc1. The molecule has 29 heavy (non-hydrogen) atoms. The second-order valence-corrected chi connectivity index (χ2v) is 7.99. The number of rotatable bonds is 6. The van der Waals surface area contributed by atoms with Crippen molar-refractivity contribution in [1.29, 1.82) is 0 Å². The highest BCUT2D eigenvalue weighted by Crippen LogP contribution is 2.56. The van der Waals surface area contributed by atoms with E-state index in [1.165, 1.54) is 6.92 Å². The summed E-state index contributed by atoms with van der Waals surface area (Å²) in [5.74, 6) is -2.04. The summed E-state index contributed by atoms with van der Waals surface area (Å²) < 4.78 is 4.94. The molecule has 3 fully saturated rings. The first kappa shape index (κ1) is 19.3. The number of esters is 1. The molecule has 8 heteroatoms. The summed E-state index contributed by atoms with van der Waals surface area (Å²) in [6.45, 7) is 0.465. The summed E-state index contributed by atoms with van der Waals surface area (Å²) in [6, 6.07) is 6.31. The van der Waals surface area contributed by atoms with Gasteiger partial charge in [0.15, 0.2) is 12.4 Å². The van der Waals surface area contributed by atoms with Crippen LogP contribution in [0.2, 0.25) is 0 Å². The Morgan fingerprint density at radius 3 is 2.17 bits per heavy atom. The molecule has 1 aliphatic heterocycles. The van der Waals surface area contributed by atoms with Crippen molar-refractivity contribution in [3.63, 3.8) is 0 Å². The van der Waals surface area contributed by atoms with Gasteiger partial charge in [-0.1, -0.05) is 0 Å². The fourth-order valence-electron chi connectivity index (χ4n) is 4.93. The average molecular weight is 398 g/mol. The Hall–Kier alpha value is -3.03. The maximum absolute atomic E-state index is 12.6. The number of benzene rings is 1. The summed E-state index contributed by atoms with van der Waals surface area (Å²) in [4.78, 5) is 61.4. The van der Waals surface area contributed by atoms with Crippen LogP contribution in [0.25, 0.3) is 0 Å². The lowest BCUT2D eigenvalue weighted by Gasteiger charge is -2.19. The standard InChI is InChI=1S/C21H22N2O6/c1-11(24)12-4-6-15(7-5-12)22-16(25)10-29-17(26)9-23-20(27)18-13-2-3-14(8-13)19(18)21(23)28/h4-7,13-14,18-19H,2-3,8-10H2,1H3,(H,22,25)/t13-,14+,18-,19+. The number of nitrogens with zero attached hydrogens (tertiary/aromatic N) is 1. The van der Waals surface area contributed by atoms with Crippen LogP contribution < -0.4 is 5.32 Å². The molecule has 1 aromatic rings. The summed E-state index contributed by atoms with van der Waals surface area (Å²) in [6.07, 6.45) is 2.87. The second kappa shape index (κ2) is 7.42. The number of anilines is 1. The molecule has 2 bridgehead atoms. The molecule has 3 amide bonds. The first-order valence-corrected chi connectivity index (χ1v) is 9.77. The Balaban J connectivity index is 1.27. The molecule has 4 rings (SSSR count). The van der Waals surface area contributed by atoms with Crippen molar-refractivity contribution in [2.24, 2.45) is 23.7 Å². The van der Waals surface area contributed by atoms with Crippen molar-refractivity contribution in [3.8, 4) is 0 Å². The van der Waals surface area contributed by atoms with Gasteiger partial charge in [-0.15, -0.1) is 0 Å². The van der Waals surface area contributed by atoms with E-state index < -0.39 is 25.0 Å². The first-order chi connectivity index (χ1) is 13.8. The van der Waals surface area contributed by atoms with Crippen LogP contribution in [0.3, 0.4) is 0 Å². The Morgan fingerprint density at radius 1 is 1.03 bits per heavy atom. The first-order valence-electron chi connectivity index (χ1n) is 9.77. The topological polar surface area (TPSA) is 110 Å². The van der Waals surface area contributed by atoms with Gasteiger partial charge in [-0.2, -0.15) is 0 Å². The predicted octanol–water partition coefficient (Wildman–Crippen LogP) is 1.40. The van der Waals surface area contributed by atoms with Crippen molar-refractivity contribution < 1.29 is 28.7 Å². The molecule has 4 atom stereocenters. The van der Waals surface area contributed by atoms with E-state index in [0.717, 1.165) is 24.2 Å². The van der Waals surface area contributed by atoms with E-state index in [2.05, 4.69) is 5.32 Å². The number of hydrogen-bond donors (Lipinski definition) is 1. The van der Waals surface area contributed by atoms with Crippen LogP contribution in [0.4, 0.5) is 5.69 Å². The fraction of sp³-hybridized carbons (Fsp3) is 0.476. The van der Waals surface area contributed by atoms with Gasteiger partial charge in [-0.3, -0.25) is 28.9 Å². The van der Waals surface area contributed by atoms with E-state index in [4.69, 9.17) is 4.74 Å². The Bertz CT molecular complexity index is 865. The highest BCUT2D eigenvalue weighted by molar-refractivity contribution is 6.08. The summed E-state index contributed by atoms with van der Waals surface area (Å²) in [5.41, 5.74) is 0.983. The third kappa shape index (κ3) is 3.54. The molecule has 3 aliphatic rings. The van der Waals surface area contributed by atoms with Crippen LogP contribution >= 0.6 is 0 Å². The monoisotopic (exact) mass is 398 g/mol. The quantitative estimate of drug-likeness (QED) is 0.441. The van der Waals surface area contributed by atoms with Crippen LogP contribution in [0.1, 0.15) is 36.5 Å². The van der Waals surface area contributed by atoms with Gasteiger partial charge in [0, 0.05) is 11.3 Å². The smallest absolute Gasteiger partial charge is 0.326 e. The van der Waals surface area contributed by atoms with Gasteiger partial charge in [-0.05, 0) is 62.3 Å². The average Bonchev–Trinajstić information content (AvgIpc) is 3.37. The van der Waals surface area contributed by atoms with Crippen LogP contribution in [0.15, 0.2) is 24.3 Å². The number of amides is 3. The minimum absolute atomic E-state index is 0.0834. The number of fused-ring (bicyclic) bond motifs is 5. The number of ketones is 1. The number of imide groups is 1. The third-order valence-electron chi connectivity index (χ3n) is 6.25. The van der Waals surface area contributed by atoms with Gasteiger partial charge in [0.1, 0.15) is 6.54 Å². The Kier molecular flexibility index (Phi) is 4.94. The molecule has 1 heterocycles. The van der Waals surface area contributed by atoms with Crippen molar-refractivity contribution in [2.75, 3.05) is 18.5 Å². The number of Topliss-reactive ketones (excluding diaryl/α,β-unsaturated/α-hetero) is 1. The molecule has 2 saturated carbocycles. The zero-order valence-corrected chi connectivity index (χ0v) is 16.1. The minimum Gasteiger partial charge on any atom is -0.454 e. The molecule has 0 aromatic heterocycles. The lowest BCUT2D eigenvalue weighted by Crippen LogP contribution is -2.38. The second-order valence-electron chi connectivity index (χ2n) is 7.99. The number of likely N-dealkylation sites (tertiary alicyclic amines) is 1. The van der Waals surface area contributed by atoms with Gasteiger partial charge in [0.05, 0.1) is 11.8 Å². The summed E-state index contributed by atoms with van der Waals surface area (Å²) >= 11 is 0. The van der Waals surface area contributed by atoms with Crippen molar-refractivity contribution in [1.82, 2.24) is 4.90 Å².